The van der Waals surface area contributed by atoms with Crippen LogP contribution in [0.4, 0.5) is 0 Å². The number of carbonyl (C=O) groups is 1. The molecule has 3 nitrogen and oxygen atoms in total. The second-order valence-electron chi connectivity index (χ2n) is 5.88. The number of nitrogens with one attached hydrogen (secondary N) is 1. The molecule has 0 radical (unpaired) electrons. The van der Waals surface area contributed by atoms with Gasteiger partial charge in [0.05, 0.1) is 12.7 Å². The van der Waals surface area contributed by atoms with Crippen molar-refractivity contribution in [1.82, 2.24) is 5.32 Å². The van der Waals surface area contributed by atoms with Crippen LogP contribution in [0.5, 0.6) is 5.75 Å². The summed E-state index contributed by atoms with van der Waals surface area (Å²) in [6.07, 6.45) is 0. The van der Waals surface area contributed by atoms with Crippen molar-refractivity contribution in [2.24, 2.45) is 5.92 Å². The van der Waals surface area contributed by atoms with E-state index in [1.165, 1.54) is 5.56 Å². The number of rotatable bonds is 3. The van der Waals surface area contributed by atoms with E-state index in [-0.39, 0.29) is 17.1 Å². The van der Waals surface area contributed by atoms with E-state index in [0.29, 0.717) is 5.75 Å². The van der Waals surface area contributed by atoms with Crippen molar-refractivity contribution < 1.29 is 9.53 Å². The maximum atomic E-state index is 12.4. The van der Waals surface area contributed by atoms with Gasteiger partial charge >= 0.3 is 0 Å². The van der Waals surface area contributed by atoms with E-state index in [9.17, 15) is 4.79 Å². The Hall–Kier alpha value is -1.35. The third kappa shape index (κ3) is 2.41. The Morgan fingerprint density at radius 2 is 2.00 bits per heavy atom. The summed E-state index contributed by atoms with van der Waals surface area (Å²) in [4.78, 5) is 12.4. The Morgan fingerprint density at radius 1 is 1.33 bits per heavy atom. The fourth-order valence-electron chi connectivity index (χ4n) is 2.06. The number of ketones is 1. The third-order valence-electron chi connectivity index (χ3n) is 3.48. The van der Waals surface area contributed by atoms with Gasteiger partial charge in [-0.05, 0) is 23.1 Å². The summed E-state index contributed by atoms with van der Waals surface area (Å²) >= 11 is 0. The quantitative estimate of drug-likeness (QED) is 0.833. The molecule has 1 aromatic carbocycles. The van der Waals surface area contributed by atoms with Gasteiger partial charge in [0, 0.05) is 19.0 Å². The van der Waals surface area contributed by atoms with Crippen LogP contribution in [-0.2, 0) is 5.41 Å². The summed E-state index contributed by atoms with van der Waals surface area (Å²) in [7, 11) is 1.61. The Balaban J connectivity index is 2.39. The van der Waals surface area contributed by atoms with Crippen LogP contribution >= 0.6 is 0 Å². The van der Waals surface area contributed by atoms with Gasteiger partial charge in [0.15, 0.2) is 5.78 Å². The van der Waals surface area contributed by atoms with Crippen molar-refractivity contribution >= 4 is 5.78 Å². The van der Waals surface area contributed by atoms with Crippen molar-refractivity contribution in [1.29, 1.82) is 0 Å². The molecule has 0 spiro atoms. The zero-order valence-electron chi connectivity index (χ0n) is 11.5. The average Bonchev–Trinajstić information content (AvgIpc) is 2.24. The fraction of sp³-hybridized carbons (Fsp3) is 0.533. The Kier molecular flexibility index (Phi) is 3.44. The highest BCUT2D eigenvalue weighted by atomic mass is 16.5. The van der Waals surface area contributed by atoms with Crippen LogP contribution in [-0.4, -0.2) is 26.0 Å². The molecule has 98 valence electrons. The number of hydrogen-bond acceptors (Lipinski definition) is 3. The molecule has 0 aliphatic carbocycles. The molecule has 0 bridgehead atoms. The number of ether oxygens (including phenoxy) is 1. The average molecular weight is 247 g/mol. The SMILES string of the molecule is COc1ccc(C(C)(C)C)cc1C(=O)C1CNC1. The van der Waals surface area contributed by atoms with Crippen molar-refractivity contribution in [3.63, 3.8) is 0 Å². The first kappa shape index (κ1) is 13.1. The molecule has 2 rings (SSSR count). The van der Waals surface area contributed by atoms with E-state index in [1.807, 2.05) is 18.2 Å². The van der Waals surface area contributed by atoms with Gasteiger partial charge in [0.2, 0.25) is 0 Å². The van der Waals surface area contributed by atoms with Crippen LogP contribution in [0.3, 0.4) is 0 Å². The maximum absolute atomic E-state index is 12.4. The molecule has 1 heterocycles. The largest absolute Gasteiger partial charge is 0.496 e. The molecule has 0 saturated carbocycles. The lowest BCUT2D eigenvalue weighted by molar-refractivity contribution is 0.0875. The molecule has 1 saturated heterocycles. The number of hydrogen-bond donors (Lipinski definition) is 1. The molecule has 1 N–H and O–H groups in total. The number of methoxy groups -OCH3 is 1. The molecule has 0 aromatic heterocycles. The molecular weight excluding hydrogens is 226 g/mol. The summed E-state index contributed by atoms with van der Waals surface area (Å²) < 4.78 is 5.31. The van der Waals surface area contributed by atoms with Gasteiger partial charge in [-0.3, -0.25) is 4.79 Å². The second kappa shape index (κ2) is 4.73. The first-order valence-electron chi connectivity index (χ1n) is 6.37. The predicted octanol–water partition coefficient (Wildman–Crippen LogP) is 2.39. The van der Waals surface area contributed by atoms with E-state index in [2.05, 4.69) is 26.1 Å². The molecule has 1 aliphatic heterocycles. The van der Waals surface area contributed by atoms with Crippen LogP contribution < -0.4 is 10.1 Å². The van der Waals surface area contributed by atoms with Crippen LogP contribution in [0.15, 0.2) is 18.2 Å². The highest BCUT2D eigenvalue weighted by molar-refractivity contribution is 6.01. The highest BCUT2D eigenvalue weighted by Gasteiger charge is 2.29. The van der Waals surface area contributed by atoms with Crippen molar-refractivity contribution in [3.8, 4) is 5.75 Å². The summed E-state index contributed by atoms with van der Waals surface area (Å²) in [6, 6.07) is 5.92. The summed E-state index contributed by atoms with van der Waals surface area (Å²) in [5.74, 6) is 0.978. The zero-order chi connectivity index (χ0) is 13.3. The topological polar surface area (TPSA) is 38.3 Å². The van der Waals surface area contributed by atoms with E-state index >= 15 is 0 Å². The van der Waals surface area contributed by atoms with E-state index < -0.39 is 0 Å². The molecule has 0 unspecified atom stereocenters. The third-order valence-corrected chi connectivity index (χ3v) is 3.48. The van der Waals surface area contributed by atoms with Gasteiger partial charge in [-0.2, -0.15) is 0 Å². The van der Waals surface area contributed by atoms with E-state index in [0.717, 1.165) is 18.7 Å². The molecule has 1 aliphatic rings. The number of carbonyl (C=O) groups excluding carboxylic acids is 1. The second-order valence-corrected chi connectivity index (χ2v) is 5.88. The lowest BCUT2D eigenvalue weighted by atomic mass is 9.84. The summed E-state index contributed by atoms with van der Waals surface area (Å²) in [5, 5.41) is 3.13. The predicted molar refractivity (Wildman–Crippen MR) is 72.4 cm³/mol. The normalized spacial score (nSPS) is 16.2. The van der Waals surface area contributed by atoms with Gasteiger partial charge in [-0.25, -0.2) is 0 Å². The van der Waals surface area contributed by atoms with Crippen molar-refractivity contribution in [2.75, 3.05) is 20.2 Å². The molecule has 18 heavy (non-hydrogen) atoms. The van der Waals surface area contributed by atoms with Gasteiger partial charge in [0.1, 0.15) is 5.75 Å². The van der Waals surface area contributed by atoms with Crippen LogP contribution in [0.1, 0.15) is 36.7 Å². The van der Waals surface area contributed by atoms with E-state index in [4.69, 9.17) is 4.74 Å². The minimum absolute atomic E-state index is 0.0408. The Bertz CT molecular complexity index is 456. The number of benzene rings is 1. The summed E-state index contributed by atoms with van der Waals surface area (Å²) in [5.41, 5.74) is 1.93. The van der Waals surface area contributed by atoms with Crippen LogP contribution in [0.2, 0.25) is 0 Å². The lowest BCUT2D eigenvalue weighted by Gasteiger charge is -2.27. The first-order chi connectivity index (χ1) is 8.43. The van der Waals surface area contributed by atoms with Gasteiger partial charge < -0.3 is 10.1 Å². The monoisotopic (exact) mass is 247 g/mol. The fourth-order valence-corrected chi connectivity index (χ4v) is 2.06. The number of Topliss-reactive ketones (excluding diaryl/α,β-unsaturated/α-hetero) is 1. The highest BCUT2D eigenvalue weighted by Crippen LogP contribution is 2.29. The lowest BCUT2D eigenvalue weighted by Crippen LogP contribution is -2.46. The minimum atomic E-state index is 0.0408. The molecule has 3 heteroatoms. The molecule has 0 atom stereocenters. The standard InChI is InChI=1S/C15H21NO2/c1-15(2,3)11-5-6-13(18-4)12(7-11)14(17)10-8-16-9-10/h5-7,10,16H,8-9H2,1-4H3. The first-order valence-corrected chi connectivity index (χ1v) is 6.37. The smallest absolute Gasteiger partial charge is 0.172 e. The van der Waals surface area contributed by atoms with Gasteiger partial charge in [0.25, 0.3) is 0 Å². The van der Waals surface area contributed by atoms with Crippen molar-refractivity contribution in [2.45, 2.75) is 26.2 Å². The molecular formula is C15H21NO2. The van der Waals surface area contributed by atoms with Crippen LogP contribution in [0, 0.1) is 5.92 Å². The Labute approximate surface area is 109 Å². The van der Waals surface area contributed by atoms with Gasteiger partial charge in [-0.15, -0.1) is 0 Å². The molecule has 0 amide bonds. The van der Waals surface area contributed by atoms with Gasteiger partial charge in [-0.1, -0.05) is 26.8 Å². The molecule has 1 aromatic rings. The summed E-state index contributed by atoms with van der Waals surface area (Å²) in [6.45, 7) is 8.00. The van der Waals surface area contributed by atoms with Crippen molar-refractivity contribution in [3.05, 3.63) is 29.3 Å². The minimum Gasteiger partial charge on any atom is -0.496 e. The molecule has 1 fully saturated rings. The Morgan fingerprint density at radius 3 is 2.44 bits per heavy atom. The van der Waals surface area contributed by atoms with E-state index in [1.54, 1.807) is 7.11 Å². The van der Waals surface area contributed by atoms with Crippen LogP contribution in [0.25, 0.3) is 0 Å². The zero-order valence-corrected chi connectivity index (χ0v) is 11.5. The maximum Gasteiger partial charge on any atom is 0.172 e.